The molecule has 3 rings (SSSR count). The summed E-state index contributed by atoms with van der Waals surface area (Å²) >= 11 is 0. The number of rotatable bonds is 6. The summed E-state index contributed by atoms with van der Waals surface area (Å²) in [5.74, 6) is -1.25. The second-order valence-corrected chi connectivity index (χ2v) is 9.36. The zero-order chi connectivity index (χ0) is 20.1. The third kappa shape index (κ3) is 5.11. The van der Waals surface area contributed by atoms with Crippen LogP contribution in [0.2, 0.25) is 0 Å². The van der Waals surface area contributed by atoms with E-state index in [-0.39, 0.29) is 29.7 Å². The van der Waals surface area contributed by atoms with Crippen molar-refractivity contribution in [3.05, 3.63) is 23.8 Å². The third-order valence-electron chi connectivity index (χ3n) is 5.54. The number of hydrogen-bond donors (Lipinski definition) is 2. The summed E-state index contributed by atoms with van der Waals surface area (Å²) in [6, 6.07) is 4.82. The molecule has 0 spiro atoms. The molecule has 1 heterocycles. The number of carbonyl (C=O) groups is 2. The number of aliphatic carboxylic acids is 1. The van der Waals surface area contributed by atoms with Crippen molar-refractivity contribution < 1.29 is 23.1 Å². The van der Waals surface area contributed by atoms with Crippen LogP contribution in [0.25, 0.3) is 0 Å². The molecule has 0 aromatic heterocycles. The first-order valence-electron chi connectivity index (χ1n) is 10.0. The summed E-state index contributed by atoms with van der Waals surface area (Å²) in [4.78, 5) is 24.7. The first-order chi connectivity index (χ1) is 13.4. The van der Waals surface area contributed by atoms with E-state index < -0.39 is 16.0 Å². The molecule has 1 saturated carbocycles. The SMILES string of the molecule is O=C(O)CCC(=O)N1CCc2cc(S(=O)(=O)NC3CCCCCCC3)ccc21. The van der Waals surface area contributed by atoms with Crippen molar-refractivity contribution in [3.8, 4) is 0 Å². The minimum atomic E-state index is -3.60. The lowest BCUT2D eigenvalue weighted by molar-refractivity contribution is -0.138. The molecule has 0 atom stereocenters. The third-order valence-corrected chi connectivity index (χ3v) is 7.06. The number of sulfonamides is 1. The Labute approximate surface area is 166 Å². The van der Waals surface area contributed by atoms with Gasteiger partial charge < -0.3 is 10.0 Å². The van der Waals surface area contributed by atoms with Gasteiger partial charge in [0.2, 0.25) is 15.9 Å². The van der Waals surface area contributed by atoms with E-state index in [2.05, 4.69) is 4.72 Å². The highest BCUT2D eigenvalue weighted by molar-refractivity contribution is 7.89. The van der Waals surface area contributed by atoms with Gasteiger partial charge in [-0.05, 0) is 43.0 Å². The van der Waals surface area contributed by atoms with Crippen LogP contribution < -0.4 is 9.62 Å². The molecule has 2 aliphatic rings. The molecule has 0 radical (unpaired) electrons. The van der Waals surface area contributed by atoms with Gasteiger partial charge in [0.15, 0.2) is 0 Å². The molecular formula is C20H28N2O5S. The highest BCUT2D eigenvalue weighted by atomic mass is 32.2. The molecule has 0 saturated heterocycles. The van der Waals surface area contributed by atoms with Gasteiger partial charge in [-0.15, -0.1) is 0 Å². The van der Waals surface area contributed by atoms with Crippen LogP contribution in [0.4, 0.5) is 5.69 Å². The second kappa shape index (κ2) is 9.05. The van der Waals surface area contributed by atoms with Crippen molar-refractivity contribution in [2.45, 2.75) is 75.1 Å². The molecule has 1 aliphatic carbocycles. The summed E-state index contributed by atoms with van der Waals surface area (Å²) < 4.78 is 28.5. The number of anilines is 1. The van der Waals surface area contributed by atoms with Gasteiger partial charge in [-0.1, -0.05) is 32.1 Å². The zero-order valence-electron chi connectivity index (χ0n) is 16.0. The van der Waals surface area contributed by atoms with Crippen LogP contribution in [0.1, 0.15) is 63.4 Å². The van der Waals surface area contributed by atoms with Gasteiger partial charge >= 0.3 is 5.97 Å². The number of fused-ring (bicyclic) bond motifs is 1. The van der Waals surface area contributed by atoms with Crippen LogP contribution >= 0.6 is 0 Å². The van der Waals surface area contributed by atoms with E-state index in [1.165, 1.54) is 12.5 Å². The van der Waals surface area contributed by atoms with Gasteiger partial charge in [-0.2, -0.15) is 0 Å². The predicted molar refractivity (Wildman–Crippen MR) is 106 cm³/mol. The minimum absolute atomic E-state index is 0.0207. The van der Waals surface area contributed by atoms with E-state index in [9.17, 15) is 18.0 Å². The van der Waals surface area contributed by atoms with E-state index in [0.717, 1.165) is 44.1 Å². The maximum absolute atomic E-state index is 12.8. The second-order valence-electron chi connectivity index (χ2n) is 7.64. The number of amides is 1. The number of carbonyl (C=O) groups excluding carboxylic acids is 1. The van der Waals surface area contributed by atoms with Gasteiger partial charge in [0, 0.05) is 24.7 Å². The number of carboxylic acid groups (broad SMARTS) is 1. The van der Waals surface area contributed by atoms with E-state index >= 15 is 0 Å². The molecule has 1 aromatic rings. The van der Waals surface area contributed by atoms with Crippen molar-refractivity contribution in [1.82, 2.24) is 4.72 Å². The van der Waals surface area contributed by atoms with Crippen LogP contribution in [-0.4, -0.2) is 38.0 Å². The number of hydrogen-bond acceptors (Lipinski definition) is 4. The van der Waals surface area contributed by atoms with Crippen molar-refractivity contribution in [2.75, 3.05) is 11.4 Å². The molecule has 154 valence electrons. The maximum Gasteiger partial charge on any atom is 0.303 e. The molecule has 1 amide bonds. The minimum Gasteiger partial charge on any atom is -0.481 e. The first-order valence-corrected chi connectivity index (χ1v) is 11.5. The fourth-order valence-electron chi connectivity index (χ4n) is 4.01. The normalized spacial score (nSPS) is 18.4. The van der Waals surface area contributed by atoms with Crippen LogP contribution in [0.5, 0.6) is 0 Å². The maximum atomic E-state index is 12.8. The molecule has 7 nitrogen and oxygen atoms in total. The van der Waals surface area contributed by atoms with Crippen LogP contribution in [0.3, 0.4) is 0 Å². The average Bonchev–Trinajstić information content (AvgIpc) is 3.05. The Morgan fingerprint density at radius 2 is 1.75 bits per heavy atom. The lowest BCUT2D eigenvalue weighted by Gasteiger charge is -2.21. The molecule has 0 bridgehead atoms. The summed E-state index contributed by atoms with van der Waals surface area (Å²) in [5.41, 5.74) is 1.49. The fraction of sp³-hybridized carbons (Fsp3) is 0.600. The average molecular weight is 409 g/mol. The topological polar surface area (TPSA) is 104 Å². The van der Waals surface area contributed by atoms with Gasteiger partial charge in [0.1, 0.15) is 0 Å². The monoisotopic (exact) mass is 408 g/mol. The van der Waals surface area contributed by atoms with Crippen LogP contribution in [0.15, 0.2) is 23.1 Å². The standard InChI is InChI=1S/C20H28N2O5S/c23-19(10-11-20(24)25)22-13-12-15-14-17(8-9-18(15)22)28(26,27)21-16-6-4-2-1-3-5-7-16/h8-9,14,16,21H,1-7,10-13H2,(H,24,25). The summed E-state index contributed by atoms with van der Waals surface area (Å²) in [6.45, 7) is 0.452. The molecule has 1 aromatic carbocycles. The zero-order valence-corrected chi connectivity index (χ0v) is 16.8. The molecule has 8 heteroatoms. The van der Waals surface area contributed by atoms with E-state index in [4.69, 9.17) is 5.11 Å². The molecule has 2 N–H and O–H groups in total. The first kappa shape index (κ1) is 20.8. The fourth-order valence-corrected chi connectivity index (χ4v) is 5.37. The van der Waals surface area contributed by atoms with E-state index in [1.54, 1.807) is 17.0 Å². The van der Waals surface area contributed by atoms with Crippen molar-refractivity contribution in [1.29, 1.82) is 0 Å². The lowest BCUT2D eigenvalue weighted by atomic mass is 9.97. The molecule has 28 heavy (non-hydrogen) atoms. The molecule has 1 fully saturated rings. The Bertz CT molecular complexity index is 829. The summed E-state index contributed by atoms with van der Waals surface area (Å²) in [6.07, 6.45) is 7.68. The predicted octanol–water partition coefficient (Wildman–Crippen LogP) is 2.83. The van der Waals surface area contributed by atoms with Gasteiger partial charge in [-0.3, -0.25) is 9.59 Å². The summed E-state index contributed by atoms with van der Waals surface area (Å²) in [7, 11) is -3.60. The quantitative estimate of drug-likeness (QED) is 0.753. The highest BCUT2D eigenvalue weighted by Crippen LogP contribution is 2.31. The smallest absolute Gasteiger partial charge is 0.303 e. The van der Waals surface area contributed by atoms with Gasteiger partial charge in [-0.25, -0.2) is 13.1 Å². The Hall–Kier alpha value is -1.93. The number of carboxylic acids is 1. The van der Waals surface area contributed by atoms with Gasteiger partial charge in [0.25, 0.3) is 0 Å². The summed E-state index contributed by atoms with van der Waals surface area (Å²) in [5, 5.41) is 8.75. The van der Waals surface area contributed by atoms with E-state index in [0.29, 0.717) is 18.7 Å². The Morgan fingerprint density at radius 3 is 2.43 bits per heavy atom. The van der Waals surface area contributed by atoms with Crippen molar-refractivity contribution >= 4 is 27.6 Å². The lowest BCUT2D eigenvalue weighted by Crippen LogP contribution is -2.35. The Kier molecular flexibility index (Phi) is 6.72. The number of nitrogens with zero attached hydrogens (tertiary/aromatic N) is 1. The molecule has 1 aliphatic heterocycles. The van der Waals surface area contributed by atoms with Crippen molar-refractivity contribution in [3.63, 3.8) is 0 Å². The Morgan fingerprint density at radius 1 is 1.07 bits per heavy atom. The molecule has 0 unspecified atom stereocenters. The van der Waals surface area contributed by atoms with Crippen LogP contribution in [-0.2, 0) is 26.0 Å². The highest BCUT2D eigenvalue weighted by Gasteiger charge is 2.27. The van der Waals surface area contributed by atoms with Crippen molar-refractivity contribution in [2.24, 2.45) is 0 Å². The Balaban J connectivity index is 1.70. The number of nitrogens with one attached hydrogen (secondary N) is 1. The van der Waals surface area contributed by atoms with Crippen LogP contribution in [0, 0.1) is 0 Å². The number of benzene rings is 1. The van der Waals surface area contributed by atoms with Gasteiger partial charge in [0.05, 0.1) is 11.3 Å². The largest absolute Gasteiger partial charge is 0.481 e. The van der Waals surface area contributed by atoms with E-state index in [1.807, 2.05) is 0 Å². The molecular weight excluding hydrogens is 380 g/mol.